The third-order valence-corrected chi connectivity index (χ3v) is 4.31. The molecule has 0 fully saturated rings. The summed E-state index contributed by atoms with van der Waals surface area (Å²) in [6, 6.07) is 14.5. The molecule has 3 aromatic rings. The van der Waals surface area contributed by atoms with Gasteiger partial charge in [-0.25, -0.2) is 4.68 Å². The van der Waals surface area contributed by atoms with Crippen molar-refractivity contribution in [3.8, 4) is 5.69 Å². The number of rotatable bonds is 3. The number of hydrazine groups is 1. The molecule has 132 valence electrons. The van der Waals surface area contributed by atoms with Crippen molar-refractivity contribution in [3.05, 3.63) is 75.5 Å². The van der Waals surface area contributed by atoms with Crippen LogP contribution in [-0.2, 0) is 0 Å². The van der Waals surface area contributed by atoms with Gasteiger partial charge in [-0.05, 0) is 50.2 Å². The second-order valence-electron chi connectivity index (χ2n) is 5.69. The zero-order valence-electron chi connectivity index (χ0n) is 14.2. The normalized spacial score (nSPS) is 10.4. The van der Waals surface area contributed by atoms with Crippen LogP contribution in [0.15, 0.2) is 53.0 Å². The number of halogens is 1. The molecule has 0 unspecified atom stereocenters. The van der Waals surface area contributed by atoms with Gasteiger partial charge in [-0.3, -0.25) is 20.4 Å². The fraction of sp³-hybridized carbons (Fsp3) is 0.111. The highest BCUT2D eigenvalue weighted by molar-refractivity contribution is 9.10. The molecule has 0 atom stereocenters. The number of hydrogen-bond acceptors (Lipinski definition) is 4. The molecular weight excluding hydrogens is 398 g/mol. The van der Waals surface area contributed by atoms with Crippen molar-refractivity contribution in [1.29, 1.82) is 0 Å². The highest BCUT2D eigenvalue weighted by Crippen LogP contribution is 2.13. The molecule has 2 N–H and O–H groups in total. The summed E-state index contributed by atoms with van der Waals surface area (Å²) in [5.41, 5.74) is 7.80. The fourth-order valence-corrected chi connectivity index (χ4v) is 2.58. The van der Waals surface area contributed by atoms with Crippen molar-refractivity contribution in [2.45, 2.75) is 13.8 Å². The Morgan fingerprint density at radius 2 is 1.54 bits per heavy atom. The van der Waals surface area contributed by atoms with Gasteiger partial charge in [-0.15, -0.1) is 5.10 Å². The molecule has 0 bridgehead atoms. The largest absolute Gasteiger partial charge is 0.292 e. The monoisotopic (exact) mass is 413 g/mol. The first-order valence-electron chi connectivity index (χ1n) is 7.81. The van der Waals surface area contributed by atoms with E-state index in [1.165, 1.54) is 0 Å². The summed E-state index contributed by atoms with van der Waals surface area (Å²) < 4.78 is 2.44. The van der Waals surface area contributed by atoms with Gasteiger partial charge < -0.3 is 0 Å². The van der Waals surface area contributed by atoms with E-state index in [4.69, 9.17) is 0 Å². The summed E-state index contributed by atoms with van der Waals surface area (Å²) >= 11 is 3.30. The van der Waals surface area contributed by atoms with E-state index in [0.29, 0.717) is 11.3 Å². The number of amides is 2. The number of nitrogens with one attached hydrogen (secondary N) is 2. The number of benzene rings is 2. The molecule has 2 amide bonds. The van der Waals surface area contributed by atoms with Crippen molar-refractivity contribution in [1.82, 2.24) is 25.8 Å². The van der Waals surface area contributed by atoms with E-state index < -0.39 is 11.8 Å². The molecule has 0 saturated carbocycles. The molecule has 0 radical (unpaired) electrons. The summed E-state index contributed by atoms with van der Waals surface area (Å²) in [6.45, 7) is 3.73. The van der Waals surface area contributed by atoms with Crippen LogP contribution in [0.1, 0.15) is 32.1 Å². The molecule has 1 heterocycles. The fourth-order valence-electron chi connectivity index (χ4n) is 2.32. The first-order chi connectivity index (χ1) is 12.5. The van der Waals surface area contributed by atoms with Crippen LogP contribution in [-0.4, -0.2) is 26.8 Å². The van der Waals surface area contributed by atoms with E-state index in [0.717, 1.165) is 15.7 Å². The maximum absolute atomic E-state index is 12.3. The topological polar surface area (TPSA) is 88.9 Å². The second-order valence-corrected chi connectivity index (χ2v) is 6.60. The number of carbonyl (C=O) groups excluding carboxylic acids is 2. The zero-order valence-corrected chi connectivity index (χ0v) is 15.7. The van der Waals surface area contributed by atoms with Gasteiger partial charge in [0, 0.05) is 10.0 Å². The summed E-state index contributed by atoms with van der Waals surface area (Å²) in [5, 5.41) is 7.94. The first-order valence-corrected chi connectivity index (χ1v) is 8.60. The molecule has 0 aliphatic heterocycles. The molecule has 0 spiro atoms. The lowest BCUT2D eigenvalue weighted by molar-refractivity contribution is 0.0843. The minimum Gasteiger partial charge on any atom is -0.267 e. The van der Waals surface area contributed by atoms with Gasteiger partial charge in [0.2, 0.25) is 0 Å². The van der Waals surface area contributed by atoms with Gasteiger partial charge in [-0.1, -0.05) is 38.8 Å². The Kier molecular flexibility index (Phi) is 5.13. The maximum Gasteiger partial charge on any atom is 0.292 e. The van der Waals surface area contributed by atoms with E-state index in [9.17, 15) is 9.59 Å². The summed E-state index contributed by atoms with van der Waals surface area (Å²) in [5.74, 6) is -0.958. The molecule has 2 aromatic carbocycles. The Morgan fingerprint density at radius 1 is 0.923 bits per heavy atom. The van der Waals surface area contributed by atoms with Crippen molar-refractivity contribution >= 4 is 27.7 Å². The van der Waals surface area contributed by atoms with Crippen molar-refractivity contribution in [2.24, 2.45) is 0 Å². The Hall–Kier alpha value is -3.00. The molecule has 26 heavy (non-hydrogen) atoms. The molecule has 0 aliphatic carbocycles. The number of aryl methyl sites for hydroxylation is 1. The van der Waals surface area contributed by atoms with Crippen LogP contribution in [0.2, 0.25) is 0 Å². The molecule has 3 rings (SSSR count). The van der Waals surface area contributed by atoms with Gasteiger partial charge in [0.1, 0.15) is 0 Å². The Bertz CT molecular complexity index is 949. The van der Waals surface area contributed by atoms with E-state index in [1.807, 2.05) is 31.2 Å². The predicted octanol–water partition coefficient (Wildman–Crippen LogP) is 2.72. The molecule has 1 aromatic heterocycles. The third kappa shape index (κ3) is 3.80. The number of carbonyl (C=O) groups is 2. The smallest absolute Gasteiger partial charge is 0.267 e. The highest BCUT2D eigenvalue weighted by Gasteiger charge is 2.18. The summed E-state index contributed by atoms with van der Waals surface area (Å²) in [4.78, 5) is 24.4. The van der Waals surface area contributed by atoms with E-state index in [1.54, 1.807) is 35.9 Å². The van der Waals surface area contributed by atoms with Crippen molar-refractivity contribution in [2.75, 3.05) is 0 Å². The third-order valence-electron chi connectivity index (χ3n) is 3.78. The molecular formula is C18H16BrN5O2. The summed E-state index contributed by atoms with van der Waals surface area (Å²) in [6.07, 6.45) is 0. The standard InChI is InChI=1S/C18H16BrN5O2/c1-11-3-9-15(10-4-11)24-12(2)16(20-23-24)18(26)22-21-17(25)13-5-7-14(19)8-6-13/h3-10H,1-2H3,(H,21,25)(H,22,26). The van der Waals surface area contributed by atoms with Gasteiger partial charge in [0.15, 0.2) is 5.69 Å². The molecule has 7 nitrogen and oxygen atoms in total. The molecule has 0 saturated heterocycles. The number of aromatic nitrogens is 3. The molecule has 0 aliphatic rings. The zero-order chi connectivity index (χ0) is 18.7. The van der Waals surface area contributed by atoms with Gasteiger partial charge in [0.05, 0.1) is 11.4 Å². The lowest BCUT2D eigenvalue weighted by Gasteiger charge is -2.07. The van der Waals surface area contributed by atoms with E-state index in [2.05, 4.69) is 37.1 Å². The van der Waals surface area contributed by atoms with Crippen LogP contribution in [0.5, 0.6) is 0 Å². The minimum absolute atomic E-state index is 0.140. The van der Waals surface area contributed by atoms with Crippen LogP contribution in [0.3, 0.4) is 0 Å². The number of hydrogen-bond donors (Lipinski definition) is 2. The summed E-state index contributed by atoms with van der Waals surface area (Å²) in [7, 11) is 0. The van der Waals surface area contributed by atoms with Crippen molar-refractivity contribution in [3.63, 3.8) is 0 Å². The van der Waals surface area contributed by atoms with Crippen LogP contribution in [0.25, 0.3) is 5.69 Å². The average Bonchev–Trinajstić information content (AvgIpc) is 3.02. The predicted molar refractivity (Wildman–Crippen MR) is 99.9 cm³/mol. The van der Waals surface area contributed by atoms with E-state index in [-0.39, 0.29) is 5.69 Å². The Labute approximate surface area is 158 Å². The van der Waals surface area contributed by atoms with E-state index >= 15 is 0 Å². The van der Waals surface area contributed by atoms with Gasteiger partial charge in [-0.2, -0.15) is 0 Å². The lowest BCUT2D eigenvalue weighted by Crippen LogP contribution is -2.42. The highest BCUT2D eigenvalue weighted by atomic mass is 79.9. The lowest BCUT2D eigenvalue weighted by atomic mass is 10.2. The minimum atomic E-state index is -0.536. The second kappa shape index (κ2) is 7.49. The van der Waals surface area contributed by atoms with Crippen LogP contribution >= 0.6 is 15.9 Å². The Balaban J connectivity index is 1.69. The van der Waals surface area contributed by atoms with Crippen LogP contribution < -0.4 is 10.9 Å². The first kappa shape index (κ1) is 17.8. The number of nitrogens with zero attached hydrogens (tertiary/aromatic N) is 3. The van der Waals surface area contributed by atoms with Crippen LogP contribution in [0, 0.1) is 13.8 Å². The molecule has 8 heteroatoms. The van der Waals surface area contributed by atoms with Gasteiger partial charge >= 0.3 is 0 Å². The van der Waals surface area contributed by atoms with Crippen LogP contribution in [0.4, 0.5) is 0 Å². The van der Waals surface area contributed by atoms with Gasteiger partial charge in [0.25, 0.3) is 11.8 Å². The average molecular weight is 414 g/mol. The quantitative estimate of drug-likeness (QED) is 0.646. The maximum atomic E-state index is 12.3. The SMILES string of the molecule is Cc1ccc(-n2nnc(C(=O)NNC(=O)c3ccc(Br)cc3)c2C)cc1. The van der Waals surface area contributed by atoms with Crippen molar-refractivity contribution < 1.29 is 9.59 Å². The Morgan fingerprint density at radius 3 is 2.19 bits per heavy atom.